The predicted molar refractivity (Wildman–Crippen MR) is 307 cm³/mol. The molecule has 13 nitrogen and oxygen atoms in total. The molecule has 0 N–H and O–H groups in total. The van der Waals surface area contributed by atoms with Gasteiger partial charge in [0.05, 0.1) is 82.4 Å². The second-order valence-corrected chi connectivity index (χ2v) is 21.1. The summed E-state index contributed by atoms with van der Waals surface area (Å²) in [5.41, 5.74) is 4.54. The van der Waals surface area contributed by atoms with Gasteiger partial charge in [0.1, 0.15) is 23.0 Å². The second-order valence-electron chi connectivity index (χ2n) is 20.1. The van der Waals surface area contributed by atoms with Crippen molar-refractivity contribution in [3.05, 3.63) is 133 Å². The molecule has 2 aliphatic rings. The van der Waals surface area contributed by atoms with Crippen molar-refractivity contribution in [3.8, 4) is 23.0 Å². The van der Waals surface area contributed by atoms with Gasteiger partial charge in [-0.25, -0.2) is 19.6 Å². The number of esters is 2. The summed E-state index contributed by atoms with van der Waals surface area (Å²) in [5.74, 6) is 4.64. The van der Waals surface area contributed by atoms with Crippen LogP contribution in [0.15, 0.2) is 121 Å². The minimum Gasteiger partial charge on any atom is -0.494 e. The molecular formula is C63H81N3O10S. The Kier molecular flexibility index (Phi) is 25.2. The summed E-state index contributed by atoms with van der Waals surface area (Å²) in [5, 5.41) is 7.77. The van der Waals surface area contributed by atoms with E-state index in [1.807, 2.05) is 41.6 Å². The first kappa shape index (κ1) is 58.5. The monoisotopic (exact) mass is 1070 g/mol. The first-order chi connectivity index (χ1) is 37.9. The fraction of sp³-hybridized carbons (Fsp3) is 0.492. The van der Waals surface area contributed by atoms with Crippen LogP contribution in [-0.2, 0) is 28.5 Å². The Morgan fingerprint density at radius 2 is 1.13 bits per heavy atom. The van der Waals surface area contributed by atoms with Crippen LogP contribution in [0.2, 0.25) is 0 Å². The summed E-state index contributed by atoms with van der Waals surface area (Å²) < 4.78 is 47.7. The average molecular weight is 1070 g/mol. The van der Waals surface area contributed by atoms with Crippen molar-refractivity contribution in [2.45, 2.75) is 115 Å². The lowest BCUT2D eigenvalue weighted by atomic mass is 9.79. The fourth-order valence-corrected chi connectivity index (χ4v) is 10.9. The highest BCUT2D eigenvalue weighted by Gasteiger charge is 2.25. The highest BCUT2D eigenvalue weighted by Crippen LogP contribution is 2.39. The summed E-state index contributed by atoms with van der Waals surface area (Å²) >= 11 is 1.61. The number of hydrazone groups is 1. The van der Waals surface area contributed by atoms with Gasteiger partial charge in [-0.05, 0) is 192 Å². The number of fused-ring (bicyclic) bond motifs is 1. The molecule has 1 aromatic heterocycles. The van der Waals surface area contributed by atoms with E-state index in [4.69, 9.17) is 48.0 Å². The molecule has 0 unspecified atom stereocenters. The lowest BCUT2D eigenvalue weighted by Gasteiger charge is -2.29. The lowest BCUT2D eigenvalue weighted by molar-refractivity contribution is -0.138. The van der Waals surface area contributed by atoms with Gasteiger partial charge in [0, 0.05) is 24.8 Å². The van der Waals surface area contributed by atoms with Crippen molar-refractivity contribution < 1.29 is 47.5 Å². The van der Waals surface area contributed by atoms with E-state index in [1.54, 1.807) is 18.4 Å². The number of para-hydroxylation sites is 1. The van der Waals surface area contributed by atoms with Gasteiger partial charge >= 0.3 is 11.9 Å². The van der Waals surface area contributed by atoms with Gasteiger partial charge in [0.15, 0.2) is 0 Å². The van der Waals surface area contributed by atoms with Gasteiger partial charge in [-0.2, -0.15) is 5.10 Å². The van der Waals surface area contributed by atoms with Crippen molar-refractivity contribution in [1.82, 2.24) is 4.98 Å². The molecule has 0 saturated heterocycles. The van der Waals surface area contributed by atoms with Gasteiger partial charge in [0.2, 0.25) is 5.13 Å². The van der Waals surface area contributed by atoms with E-state index in [-0.39, 0.29) is 11.9 Å². The Bertz CT molecular complexity index is 2520. The molecule has 2 aliphatic carbocycles. The molecule has 1 heterocycles. The van der Waals surface area contributed by atoms with Crippen LogP contribution in [0.25, 0.3) is 10.2 Å². The first-order valence-corrected chi connectivity index (χ1v) is 28.9. The molecule has 0 aliphatic heterocycles. The standard InChI is InChI=1S/C63H81N3O10S/c1-4-61(67)73-39-14-8-6-12-37-71-55-30-26-52(27-31-55)50-22-18-48(19-23-50)46-75-57-34-35-59(54(44-57)45-64-66(36-41-70-43-42-69-3)63-65-58-16-10-11-17-60(58)77-63)76-47-49-20-24-51(25-21-49)53-28-32-56(33-29-53)72-38-13-7-9-15-40-74-62(68)5-2/h4-5,10-11,16-17,26-35,44-45,48-51H,1-2,6-9,12-15,18-25,36-43,46-47H2,3H3/b64-45+. The van der Waals surface area contributed by atoms with Gasteiger partial charge in [-0.3, -0.25) is 0 Å². The van der Waals surface area contributed by atoms with Crippen molar-refractivity contribution >= 4 is 44.8 Å². The highest BCUT2D eigenvalue weighted by atomic mass is 32.1. The SMILES string of the molecule is C=CC(=O)OCCCCCCOc1ccc(C2CCC(COc3ccc(OCC4CCC(c5ccc(OCCCCCCOC(=O)C=C)cc5)CC4)c(/C=N/N(CCOCCOC)c4nc5ccccc5s4)c3)CC2)cc1. The Balaban J connectivity index is 0.905. The molecule has 2 fully saturated rings. The van der Waals surface area contributed by atoms with E-state index in [1.165, 1.54) is 23.3 Å². The van der Waals surface area contributed by atoms with Gasteiger partial charge in [-0.1, -0.05) is 60.9 Å². The number of benzene rings is 4. The molecule has 0 amide bonds. The van der Waals surface area contributed by atoms with Gasteiger partial charge < -0.3 is 37.9 Å². The van der Waals surface area contributed by atoms with E-state index < -0.39 is 0 Å². The zero-order valence-electron chi connectivity index (χ0n) is 45.3. The Morgan fingerprint density at radius 1 is 0.597 bits per heavy atom. The van der Waals surface area contributed by atoms with Crippen molar-refractivity contribution in [1.29, 1.82) is 0 Å². The van der Waals surface area contributed by atoms with E-state index >= 15 is 0 Å². The largest absolute Gasteiger partial charge is 0.494 e. The number of anilines is 1. The summed E-state index contributed by atoms with van der Waals surface area (Å²) in [6.45, 7) is 12.4. The summed E-state index contributed by atoms with van der Waals surface area (Å²) in [4.78, 5) is 27.3. The van der Waals surface area contributed by atoms with Crippen LogP contribution in [0.1, 0.15) is 131 Å². The molecule has 0 bridgehead atoms. The smallest absolute Gasteiger partial charge is 0.330 e. The minimum absolute atomic E-state index is 0.363. The second kappa shape index (κ2) is 33.2. The number of carbonyl (C=O) groups excluding carboxylic acids is 2. The molecule has 414 valence electrons. The number of thiazole rings is 1. The number of hydrogen-bond acceptors (Lipinski definition) is 14. The van der Waals surface area contributed by atoms with Crippen LogP contribution in [0, 0.1) is 11.8 Å². The van der Waals surface area contributed by atoms with Crippen LogP contribution in [0.5, 0.6) is 23.0 Å². The Hall–Kier alpha value is -6.22. The number of hydrogen-bond donors (Lipinski definition) is 0. The Labute approximate surface area is 460 Å². The van der Waals surface area contributed by atoms with E-state index in [0.717, 1.165) is 147 Å². The molecule has 14 heteroatoms. The first-order valence-electron chi connectivity index (χ1n) is 28.0. The topological polar surface area (TPSA) is 136 Å². The summed E-state index contributed by atoms with van der Waals surface area (Å²) in [7, 11) is 1.68. The molecule has 0 radical (unpaired) electrons. The molecule has 77 heavy (non-hydrogen) atoms. The summed E-state index contributed by atoms with van der Waals surface area (Å²) in [6.07, 6.45) is 20.9. The van der Waals surface area contributed by atoms with Crippen LogP contribution in [-0.4, -0.2) is 96.3 Å². The van der Waals surface area contributed by atoms with Crippen molar-refractivity contribution in [3.63, 3.8) is 0 Å². The normalized spacial score (nSPS) is 17.4. The third-order valence-electron chi connectivity index (χ3n) is 14.5. The number of aromatic nitrogens is 1. The van der Waals surface area contributed by atoms with Crippen LogP contribution in [0.3, 0.4) is 0 Å². The van der Waals surface area contributed by atoms with Gasteiger partial charge in [-0.15, -0.1) is 0 Å². The number of nitrogens with zero attached hydrogens (tertiary/aromatic N) is 3. The number of ether oxygens (including phenoxy) is 8. The van der Waals surface area contributed by atoms with Crippen LogP contribution in [0.4, 0.5) is 5.13 Å². The third-order valence-corrected chi connectivity index (χ3v) is 15.5. The lowest BCUT2D eigenvalue weighted by Crippen LogP contribution is -2.23. The maximum atomic E-state index is 11.2. The zero-order valence-corrected chi connectivity index (χ0v) is 46.1. The number of unbranched alkanes of at least 4 members (excludes halogenated alkanes) is 6. The van der Waals surface area contributed by atoms with Crippen molar-refractivity contribution in [2.75, 3.05) is 78.1 Å². The molecule has 0 atom stereocenters. The highest BCUT2D eigenvalue weighted by molar-refractivity contribution is 7.22. The van der Waals surface area contributed by atoms with Gasteiger partial charge in [0.25, 0.3) is 0 Å². The molecule has 2 saturated carbocycles. The minimum atomic E-state index is -0.364. The maximum absolute atomic E-state index is 11.2. The van der Waals surface area contributed by atoms with Crippen molar-refractivity contribution in [2.24, 2.45) is 16.9 Å². The molecule has 5 aromatic rings. The van der Waals surface area contributed by atoms with E-state index in [9.17, 15) is 9.59 Å². The molecule has 7 rings (SSSR count). The third kappa shape index (κ3) is 20.3. The Morgan fingerprint density at radius 3 is 1.68 bits per heavy atom. The number of rotatable bonds is 35. The average Bonchev–Trinajstić information content (AvgIpc) is 3.91. The molecule has 0 spiro atoms. The predicted octanol–water partition coefficient (Wildman–Crippen LogP) is 13.8. The van der Waals surface area contributed by atoms with E-state index in [2.05, 4.69) is 73.8 Å². The maximum Gasteiger partial charge on any atom is 0.330 e. The fourth-order valence-electron chi connectivity index (χ4n) is 9.93. The number of carbonyl (C=O) groups is 2. The van der Waals surface area contributed by atoms with E-state index in [0.29, 0.717) is 89.7 Å². The van der Waals surface area contributed by atoms with Crippen LogP contribution >= 0.6 is 11.3 Å². The molecular weight excluding hydrogens is 991 g/mol. The zero-order chi connectivity index (χ0) is 53.7. The molecule has 4 aromatic carbocycles. The summed E-state index contributed by atoms with van der Waals surface area (Å²) in [6, 6.07) is 31.7. The number of methoxy groups -OCH3 is 1. The quantitative estimate of drug-likeness (QED) is 0.0126. The van der Waals surface area contributed by atoms with Crippen LogP contribution < -0.4 is 24.0 Å².